The summed E-state index contributed by atoms with van der Waals surface area (Å²) >= 11 is 0. The predicted octanol–water partition coefficient (Wildman–Crippen LogP) is 3.25. The lowest BCUT2D eigenvalue weighted by Crippen LogP contribution is -2.31. The van der Waals surface area contributed by atoms with Crippen LogP contribution in [0.15, 0.2) is 54.6 Å². The van der Waals surface area contributed by atoms with Gasteiger partial charge in [-0.2, -0.15) is 0 Å². The van der Waals surface area contributed by atoms with Gasteiger partial charge < -0.3 is 10.0 Å². The Bertz CT molecular complexity index is 591. The topological polar surface area (TPSA) is 40.5 Å². The zero-order valence-electron chi connectivity index (χ0n) is 12.5. The van der Waals surface area contributed by atoms with Gasteiger partial charge in [-0.15, -0.1) is 0 Å². The number of amides is 1. The number of aliphatic hydroxyl groups is 1. The average Bonchev–Trinajstić information content (AvgIpc) is 2.56. The molecule has 0 saturated heterocycles. The van der Waals surface area contributed by atoms with Crippen LogP contribution in [0.4, 0.5) is 0 Å². The average molecular weight is 283 g/mol. The zero-order chi connectivity index (χ0) is 15.2. The summed E-state index contributed by atoms with van der Waals surface area (Å²) in [4.78, 5) is 14.3. The van der Waals surface area contributed by atoms with Crippen molar-refractivity contribution in [2.45, 2.75) is 20.0 Å². The van der Waals surface area contributed by atoms with Crippen LogP contribution >= 0.6 is 0 Å². The second kappa shape index (κ2) is 7.04. The van der Waals surface area contributed by atoms with Crippen LogP contribution in [0, 0.1) is 0 Å². The van der Waals surface area contributed by atoms with Crippen LogP contribution in [0.2, 0.25) is 0 Å². The fourth-order valence-corrected chi connectivity index (χ4v) is 2.43. The van der Waals surface area contributed by atoms with Gasteiger partial charge in [-0.25, -0.2) is 0 Å². The molecule has 0 heterocycles. The lowest BCUT2D eigenvalue weighted by Gasteiger charge is -2.22. The molecule has 0 saturated carbocycles. The number of carbonyl (C=O) groups excluding carboxylic acids is 1. The van der Waals surface area contributed by atoms with E-state index in [1.165, 1.54) is 0 Å². The van der Waals surface area contributed by atoms with E-state index in [9.17, 15) is 9.90 Å². The molecule has 0 bridgehead atoms. The fourth-order valence-electron chi connectivity index (χ4n) is 2.43. The van der Waals surface area contributed by atoms with Crippen LogP contribution < -0.4 is 0 Å². The third kappa shape index (κ3) is 3.31. The highest BCUT2D eigenvalue weighted by atomic mass is 16.3. The van der Waals surface area contributed by atoms with E-state index in [2.05, 4.69) is 0 Å². The van der Waals surface area contributed by atoms with Crippen molar-refractivity contribution < 1.29 is 9.90 Å². The quantitative estimate of drug-likeness (QED) is 0.915. The van der Waals surface area contributed by atoms with E-state index >= 15 is 0 Å². The maximum absolute atomic E-state index is 12.6. The Hall–Kier alpha value is -2.13. The normalized spacial score (nSPS) is 12.0. The molecule has 1 atom stereocenters. The summed E-state index contributed by atoms with van der Waals surface area (Å²) in [5.74, 6) is -0.0365. The van der Waals surface area contributed by atoms with Gasteiger partial charge in [0.25, 0.3) is 5.91 Å². The van der Waals surface area contributed by atoms with Crippen LogP contribution in [-0.2, 0) is 0 Å². The Morgan fingerprint density at radius 3 is 2.19 bits per heavy atom. The number of aliphatic hydroxyl groups excluding tert-OH is 1. The standard InChI is InChI=1S/C18H21NO2/c1-3-19(4-2)18(21)16-13-9-8-12-15(16)17(20)14-10-6-5-7-11-14/h5-13,17,20H,3-4H2,1-2H3/t17-/m0/s1. The lowest BCUT2D eigenvalue weighted by molar-refractivity contribution is 0.0767. The third-order valence-electron chi connectivity index (χ3n) is 3.65. The van der Waals surface area contributed by atoms with Gasteiger partial charge in [-0.1, -0.05) is 48.5 Å². The summed E-state index contributed by atoms with van der Waals surface area (Å²) in [5.41, 5.74) is 2.01. The van der Waals surface area contributed by atoms with Crippen molar-refractivity contribution in [2.24, 2.45) is 0 Å². The summed E-state index contributed by atoms with van der Waals surface area (Å²) in [6, 6.07) is 16.7. The van der Waals surface area contributed by atoms with Gasteiger partial charge >= 0.3 is 0 Å². The van der Waals surface area contributed by atoms with Crippen LogP contribution in [0.25, 0.3) is 0 Å². The molecule has 110 valence electrons. The van der Waals surface area contributed by atoms with Crippen molar-refractivity contribution in [3.63, 3.8) is 0 Å². The molecule has 0 aliphatic heterocycles. The van der Waals surface area contributed by atoms with Crippen LogP contribution in [0.3, 0.4) is 0 Å². The summed E-state index contributed by atoms with van der Waals surface area (Å²) in [6.45, 7) is 5.23. The maximum atomic E-state index is 12.6. The van der Waals surface area contributed by atoms with E-state index in [0.29, 0.717) is 24.2 Å². The molecule has 1 amide bonds. The first-order valence-electron chi connectivity index (χ1n) is 7.30. The van der Waals surface area contributed by atoms with E-state index in [-0.39, 0.29) is 5.91 Å². The molecule has 0 unspecified atom stereocenters. The molecule has 2 aromatic rings. The van der Waals surface area contributed by atoms with Gasteiger partial charge in [0, 0.05) is 18.7 Å². The second-order valence-electron chi connectivity index (χ2n) is 4.88. The van der Waals surface area contributed by atoms with Gasteiger partial charge in [-0.05, 0) is 31.0 Å². The Kier molecular flexibility index (Phi) is 5.12. The van der Waals surface area contributed by atoms with Crippen molar-refractivity contribution in [1.82, 2.24) is 4.90 Å². The van der Waals surface area contributed by atoms with Crippen LogP contribution in [-0.4, -0.2) is 29.0 Å². The molecular weight excluding hydrogens is 262 g/mol. The van der Waals surface area contributed by atoms with Gasteiger partial charge in [0.1, 0.15) is 6.10 Å². The van der Waals surface area contributed by atoms with E-state index in [0.717, 1.165) is 5.56 Å². The molecule has 3 nitrogen and oxygen atoms in total. The minimum absolute atomic E-state index is 0.0365. The summed E-state index contributed by atoms with van der Waals surface area (Å²) in [5, 5.41) is 10.6. The summed E-state index contributed by atoms with van der Waals surface area (Å²) in [7, 11) is 0. The number of rotatable bonds is 5. The predicted molar refractivity (Wildman–Crippen MR) is 84.2 cm³/mol. The number of benzene rings is 2. The van der Waals surface area contributed by atoms with Gasteiger partial charge in [-0.3, -0.25) is 4.79 Å². The van der Waals surface area contributed by atoms with Crippen molar-refractivity contribution in [3.8, 4) is 0 Å². The van der Waals surface area contributed by atoms with Crippen molar-refractivity contribution >= 4 is 5.91 Å². The molecule has 21 heavy (non-hydrogen) atoms. The third-order valence-corrected chi connectivity index (χ3v) is 3.65. The number of hydrogen-bond donors (Lipinski definition) is 1. The van der Waals surface area contributed by atoms with Crippen molar-refractivity contribution in [3.05, 3.63) is 71.3 Å². The van der Waals surface area contributed by atoms with Crippen LogP contribution in [0.5, 0.6) is 0 Å². The minimum atomic E-state index is -0.790. The molecule has 3 heteroatoms. The fraction of sp³-hybridized carbons (Fsp3) is 0.278. The van der Waals surface area contributed by atoms with Crippen molar-refractivity contribution in [1.29, 1.82) is 0 Å². The maximum Gasteiger partial charge on any atom is 0.254 e. The van der Waals surface area contributed by atoms with E-state index in [4.69, 9.17) is 0 Å². The van der Waals surface area contributed by atoms with Gasteiger partial charge in [0.2, 0.25) is 0 Å². The SMILES string of the molecule is CCN(CC)C(=O)c1ccccc1[C@@H](O)c1ccccc1. The highest BCUT2D eigenvalue weighted by Gasteiger charge is 2.21. The molecule has 2 aromatic carbocycles. The molecule has 0 aliphatic rings. The number of carbonyl (C=O) groups is 1. The molecule has 0 radical (unpaired) electrons. The molecule has 1 N–H and O–H groups in total. The molecule has 0 spiro atoms. The molecule has 0 aliphatic carbocycles. The molecule has 2 rings (SSSR count). The first-order chi connectivity index (χ1) is 10.2. The molecule has 0 aromatic heterocycles. The van der Waals surface area contributed by atoms with E-state index in [1.807, 2.05) is 62.4 Å². The summed E-state index contributed by atoms with van der Waals surface area (Å²) < 4.78 is 0. The Labute approximate surface area is 125 Å². The van der Waals surface area contributed by atoms with Gasteiger partial charge in [0.05, 0.1) is 0 Å². The number of hydrogen-bond acceptors (Lipinski definition) is 2. The van der Waals surface area contributed by atoms with Crippen LogP contribution in [0.1, 0.15) is 41.4 Å². The smallest absolute Gasteiger partial charge is 0.254 e. The minimum Gasteiger partial charge on any atom is -0.384 e. The largest absolute Gasteiger partial charge is 0.384 e. The lowest BCUT2D eigenvalue weighted by atomic mass is 9.96. The molecule has 0 fully saturated rings. The first-order valence-corrected chi connectivity index (χ1v) is 7.30. The number of nitrogens with zero attached hydrogens (tertiary/aromatic N) is 1. The highest BCUT2D eigenvalue weighted by molar-refractivity contribution is 5.96. The summed E-state index contributed by atoms with van der Waals surface area (Å²) in [6.07, 6.45) is -0.790. The second-order valence-corrected chi connectivity index (χ2v) is 4.88. The Morgan fingerprint density at radius 2 is 1.57 bits per heavy atom. The first kappa shape index (κ1) is 15.3. The Morgan fingerprint density at radius 1 is 1.00 bits per heavy atom. The van der Waals surface area contributed by atoms with E-state index in [1.54, 1.807) is 11.0 Å². The monoisotopic (exact) mass is 283 g/mol. The Balaban J connectivity index is 2.39. The van der Waals surface area contributed by atoms with Crippen molar-refractivity contribution in [2.75, 3.05) is 13.1 Å². The van der Waals surface area contributed by atoms with Gasteiger partial charge in [0.15, 0.2) is 0 Å². The highest BCUT2D eigenvalue weighted by Crippen LogP contribution is 2.25. The molecular formula is C18H21NO2. The van der Waals surface area contributed by atoms with E-state index < -0.39 is 6.10 Å². The zero-order valence-corrected chi connectivity index (χ0v) is 12.5.